The summed E-state index contributed by atoms with van der Waals surface area (Å²) in [6, 6.07) is 4.81. The van der Waals surface area contributed by atoms with Crippen molar-refractivity contribution in [1.29, 1.82) is 0 Å². The Labute approximate surface area is 188 Å². The van der Waals surface area contributed by atoms with E-state index in [1.807, 2.05) is 11.3 Å². The van der Waals surface area contributed by atoms with Gasteiger partial charge in [-0.05, 0) is 50.7 Å². The maximum Gasteiger partial charge on any atom is 0.191 e. The van der Waals surface area contributed by atoms with E-state index < -0.39 is 0 Å². The predicted molar refractivity (Wildman–Crippen MR) is 124 cm³/mol. The van der Waals surface area contributed by atoms with Gasteiger partial charge in [-0.1, -0.05) is 6.07 Å². The van der Waals surface area contributed by atoms with E-state index in [0.717, 1.165) is 50.1 Å². The highest BCUT2D eigenvalue weighted by Crippen LogP contribution is 2.27. The first-order valence-corrected chi connectivity index (χ1v) is 10.9. The van der Waals surface area contributed by atoms with Gasteiger partial charge < -0.3 is 15.2 Å². The van der Waals surface area contributed by atoms with Crippen molar-refractivity contribution < 1.29 is 0 Å². The van der Waals surface area contributed by atoms with Gasteiger partial charge in [0, 0.05) is 30.9 Å². The normalized spacial score (nSPS) is 18.0. The summed E-state index contributed by atoms with van der Waals surface area (Å²) >= 11 is 1.84. The molecule has 1 unspecified atom stereocenters. The average Bonchev–Trinajstić information content (AvgIpc) is 3.46. The summed E-state index contributed by atoms with van der Waals surface area (Å²) in [5.74, 6) is 2.92. The molecule has 1 atom stereocenters. The number of aliphatic imine (C=N–C) groups is 1. The number of guanidine groups is 1. The van der Waals surface area contributed by atoms with Crippen LogP contribution >= 0.6 is 35.3 Å². The van der Waals surface area contributed by atoms with Gasteiger partial charge in [0.25, 0.3) is 0 Å². The number of halogens is 1. The molecule has 0 aliphatic carbocycles. The summed E-state index contributed by atoms with van der Waals surface area (Å²) < 4.78 is 2.21. The molecule has 2 aromatic rings. The molecule has 9 heteroatoms. The number of likely N-dealkylation sites (tertiary alicyclic amines) is 1. The molecule has 154 valence electrons. The van der Waals surface area contributed by atoms with Gasteiger partial charge >= 0.3 is 0 Å². The van der Waals surface area contributed by atoms with Crippen molar-refractivity contribution in [2.24, 2.45) is 4.99 Å². The van der Waals surface area contributed by atoms with Gasteiger partial charge in [0.2, 0.25) is 0 Å². The third kappa shape index (κ3) is 5.04. The number of aryl methyl sites for hydroxylation is 1. The van der Waals surface area contributed by atoms with Crippen molar-refractivity contribution in [1.82, 2.24) is 30.3 Å². The quantitative estimate of drug-likeness (QED) is 0.337. The van der Waals surface area contributed by atoms with Crippen LogP contribution in [0.3, 0.4) is 0 Å². The summed E-state index contributed by atoms with van der Waals surface area (Å²) in [7, 11) is 0. The first kappa shape index (κ1) is 21.5. The largest absolute Gasteiger partial charge is 0.357 e. The monoisotopic (exact) mass is 515 g/mol. The van der Waals surface area contributed by atoms with Crippen LogP contribution in [0, 0.1) is 0 Å². The zero-order valence-corrected chi connectivity index (χ0v) is 19.6. The molecule has 7 nitrogen and oxygen atoms in total. The Bertz CT molecular complexity index is 752. The second kappa shape index (κ2) is 10.5. The van der Waals surface area contributed by atoms with Crippen molar-refractivity contribution >= 4 is 41.3 Å². The fourth-order valence-corrected chi connectivity index (χ4v) is 4.82. The molecule has 0 aromatic carbocycles. The molecular formula is C19H30IN7S. The third-order valence-electron chi connectivity index (χ3n) is 5.32. The molecule has 0 amide bonds. The number of aromatic nitrogens is 3. The van der Waals surface area contributed by atoms with E-state index in [0.29, 0.717) is 12.6 Å². The first-order valence-electron chi connectivity index (χ1n) is 10.1. The van der Waals surface area contributed by atoms with E-state index in [9.17, 15) is 0 Å². The van der Waals surface area contributed by atoms with Gasteiger partial charge in [-0.3, -0.25) is 4.90 Å². The van der Waals surface area contributed by atoms with E-state index in [1.165, 1.54) is 30.8 Å². The molecule has 28 heavy (non-hydrogen) atoms. The molecule has 0 bridgehead atoms. The SMILES string of the molecule is CCNC(=NCc1nnc2n1CCC2)NCC(c1cccs1)N1CCCC1.I. The predicted octanol–water partition coefficient (Wildman–Crippen LogP) is 2.80. The van der Waals surface area contributed by atoms with Gasteiger partial charge in [-0.25, -0.2) is 4.99 Å². The van der Waals surface area contributed by atoms with Gasteiger partial charge in [0.15, 0.2) is 11.8 Å². The van der Waals surface area contributed by atoms with Crippen LogP contribution in [0.1, 0.15) is 48.8 Å². The fourth-order valence-electron chi connectivity index (χ4n) is 3.96. The lowest BCUT2D eigenvalue weighted by molar-refractivity contribution is 0.249. The van der Waals surface area contributed by atoms with Gasteiger partial charge in [-0.2, -0.15) is 0 Å². The third-order valence-corrected chi connectivity index (χ3v) is 6.30. The summed E-state index contributed by atoms with van der Waals surface area (Å²) in [5, 5.41) is 17.7. The molecule has 2 N–H and O–H groups in total. The topological polar surface area (TPSA) is 70.4 Å². The second-order valence-corrected chi connectivity index (χ2v) is 8.12. The van der Waals surface area contributed by atoms with Gasteiger partial charge in [0.05, 0.1) is 6.04 Å². The zero-order valence-electron chi connectivity index (χ0n) is 16.4. The Morgan fingerprint density at radius 2 is 2.07 bits per heavy atom. The van der Waals surface area contributed by atoms with E-state index in [4.69, 9.17) is 4.99 Å². The molecular weight excluding hydrogens is 485 g/mol. The molecule has 4 heterocycles. The average molecular weight is 515 g/mol. The zero-order chi connectivity index (χ0) is 18.5. The van der Waals surface area contributed by atoms with Crippen LogP contribution in [-0.4, -0.2) is 51.8 Å². The molecule has 0 saturated carbocycles. The van der Waals surface area contributed by atoms with Crippen LogP contribution in [-0.2, 0) is 19.5 Å². The van der Waals surface area contributed by atoms with E-state index in [-0.39, 0.29) is 24.0 Å². The highest BCUT2D eigenvalue weighted by atomic mass is 127. The van der Waals surface area contributed by atoms with Crippen molar-refractivity contribution in [3.63, 3.8) is 0 Å². The van der Waals surface area contributed by atoms with Gasteiger partial charge in [0.1, 0.15) is 12.4 Å². The highest BCUT2D eigenvalue weighted by Gasteiger charge is 2.24. The van der Waals surface area contributed by atoms with Crippen molar-refractivity contribution in [2.45, 2.75) is 51.7 Å². The minimum absolute atomic E-state index is 0. The minimum atomic E-state index is 0. The van der Waals surface area contributed by atoms with Crippen molar-refractivity contribution in [2.75, 3.05) is 26.2 Å². The molecule has 2 aliphatic heterocycles. The van der Waals surface area contributed by atoms with Crippen LogP contribution in [0.5, 0.6) is 0 Å². The maximum absolute atomic E-state index is 4.77. The molecule has 4 rings (SSSR count). The number of rotatable bonds is 7. The van der Waals surface area contributed by atoms with Crippen LogP contribution < -0.4 is 10.6 Å². The molecule has 2 aliphatic rings. The molecule has 1 saturated heterocycles. The van der Waals surface area contributed by atoms with Crippen LogP contribution in [0.15, 0.2) is 22.5 Å². The number of thiophene rings is 1. The van der Waals surface area contributed by atoms with Crippen LogP contribution in [0.4, 0.5) is 0 Å². The minimum Gasteiger partial charge on any atom is -0.357 e. The van der Waals surface area contributed by atoms with Crippen molar-refractivity contribution in [3.8, 4) is 0 Å². The lowest BCUT2D eigenvalue weighted by Crippen LogP contribution is -2.42. The summed E-state index contributed by atoms with van der Waals surface area (Å²) in [6.07, 6.45) is 4.80. The summed E-state index contributed by atoms with van der Waals surface area (Å²) in [4.78, 5) is 8.79. The summed E-state index contributed by atoms with van der Waals surface area (Å²) in [6.45, 7) is 7.76. The lowest BCUT2D eigenvalue weighted by Gasteiger charge is -2.27. The highest BCUT2D eigenvalue weighted by molar-refractivity contribution is 14.0. The Morgan fingerprint density at radius 3 is 2.82 bits per heavy atom. The first-order chi connectivity index (χ1) is 13.3. The van der Waals surface area contributed by atoms with E-state index >= 15 is 0 Å². The van der Waals surface area contributed by atoms with Crippen LogP contribution in [0.2, 0.25) is 0 Å². The fraction of sp³-hybridized carbons (Fsp3) is 0.632. The molecule has 1 fully saturated rings. The van der Waals surface area contributed by atoms with E-state index in [1.54, 1.807) is 0 Å². The lowest BCUT2D eigenvalue weighted by atomic mass is 10.2. The number of fused-ring (bicyclic) bond motifs is 1. The molecule has 2 aromatic heterocycles. The van der Waals surface area contributed by atoms with E-state index in [2.05, 4.69) is 54.7 Å². The second-order valence-electron chi connectivity index (χ2n) is 7.14. The maximum atomic E-state index is 4.77. The number of hydrogen-bond donors (Lipinski definition) is 2. The van der Waals surface area contributed by atoms with Gasteiger partial charge in [-0.15, -0.1) is 45.5 Å². The number of nitrogens with zero attached hydrogens (tertiary/aromatic N) is 5. The summed E-state index contributed by atoms with van der Waals surface area (Å²) in [5.41, 5.74) is 0. The number of hydrogen-bond acceptors (Lipinski definition) is 5. The molecule has 0 radical (unpaired) electrons. The molecule has 0 spiro atoms. The Balaban J connectivity index is 0.00000225. The Morgan fingerprint density at radius 1 is 1.21 bits per heavy atom. The standard InChI is InChI=1S/C19H29N7S.HI/c1-2-20-19(22-14-18-24-23-17-8-5-11-26(17)18)21-13-15(16-7-6-12-27-16)25-9-3-4-10-25;/h6-7,12,15H,2-5,8-11,13-14H2,1H3,(H2,20,21,22);1H. The Kier molecular flexibility index (Phi) is 8.10. The smallest absolute Gasteiger partial charge is 0.191 e. The van der Waals surface area contributed by atoms with Crippen molar-refractivity contribution in [3.05, 3.63) is 34.0 Å². The Hall–Kier alpha value is -1.20. The van der Waals surface area contributed by atoms with Crippen LogP contribution in [0.25, 0.3) is 0 Å². The number of nitrogens with one attached hydrogen (secondary N) is 2.